The largest absolute Gasteiger partial charge is 0.372 e. The Bertz CT molecular complexity index is 316. The van der Waals surface area contributed by atoms with E-state index < -0.39 is 0 Å². The van der Waals surface area contributed by atoms with Gasteiger partial charge in [0.05, 0.1) is 0 Å². The Labute approximate surface area is 106 Å². The molecule has 0 aliphatic carbocycles. The minimum Gasteiger partial charge on any atom is -0.372 e. The lowest BCUT2D eigenvalue weighted by molar-refractivity contribution is 0.537. The van der Waals surface area contributed by atoms with Crippen molar-refractivity contribution in [3.05, 3.63) is 29.8 Å². The van der Waals surface area contributed by atoms with Gasteiger partial charge in [-0.25, -0.2) is 0 Å². The van der Waals surface area contributed by atoms with Gasteiger partial charge in [0.25, 0.3) is 0 Å². The van der Waals surface area contributed by atoms with Gasteiger partial charge in [-0.15, -0.1) is 0 Å². The Hall–Kier alpha value is -1.02. The van der Waals surface area contributed by atoms with Crippen LogP contribution in [0.5, 0.6) is 0 Å². The van der Waals surface area contributed by atoms with Gasteiger partial charge < -0.3 is 10.2 Å². The Balaban J connectivity index is 2.79. The normalized spacial score (nSPS) is 12.8. The highest BCUT2D eigenvalue weighted by atomic mass is 15.1. The molecule has 2 heteroatoms. The minimum absolute atomic E-state index is 0.485. The van der Waals surface area contributed by atoms with Crippen LogP contribution in [0.3, 0.4) is 0 Å². The zero-order valence-corrected chi connectivity index (χ0v) is 11.8. The second-order valence-corrected chi connectivity index (χ2v) is 4.81. The molecule has 96 valence electrons. The van der Waals surface area contributed by atoms with Crippen molar-refractivity contribution in [1.82, 2.24) is 5.32 Å². The van der Waals surface area contributed by atoms with Crippen molar-refractivity contribution in [3.63, 3.8) is 0 Å². The van der Waals surface area contributed by atoms with Crippen LogP contribution in [0.2, 0.25) is 0 Å². The predicted molar refractivity (Wildman–Crippen MR) is 76.7 cm³/mol. The maximum Gasteiger partial charge on any atom is 0.0366 e. The monoisotopic (exact) mass is 234 g/mol. The molecular weight excluding hydrogens is 208 g/mol. The van der Waals surface area contributed by atoms with E-state index in [0.717, 1.165) is 13.0 Å². The quantitative estimate of drug-likeness (QED) is 0.809. The first-order chi connectivity index (χ1) is 8.10. The SMILES string of the molecule is CCNC(CC)c1ccc(N(C)C(C)C)cc1. The van der Waals surface area contributed by atoms with Crippen molar-refractivity contribution in [2.45, 2.75) is 46.2 Å². The highest BCUT2D eigenvalue weighted by molar-refractivity contribution is 5.48. The summed E-state index contributed by atoms with van der Waals surface area (Å²) in [7, 11) is 2.14. The average molecular weight is 234 g/mol. The lowest BCUT2D eigenvalue weighted by Gasteiger charge is -2.24. The van der Waals surface area contributed by atoms with E-state index in [1.165, 1.54) is 11.3 Å². The first-order valence-electron chi connectivity index (χ1n) is 6.66. The highest BCUT2D eigenvalue weighted by Crippen LogP contribution is 2.21. The van der Waals surface area contributed by atoms with Gasteiger partial charge in [0, 0.05) is 24.8 Å². The summed E-state index contributed by atoms with van der Waals surface area (Å²) in [6.45, 7) is 9.82. The van der Waals surface area contributed by atoms with Crippen molar-refractivity contribution >= 4 is 5.69 Å². The molecule has 0 amide bonds. The van der Waals surface area contributed by atoms with E-state index in [4.69, 9.17) is 0 Å². The third kappa shape index (κ3) is 3.74. The molecule has 0 bridgehead atoms. The summed E-state index contributed by atoms with van der Waals surface area (Å²) >= 11 is 0. The number of hydrogen-bond donors (Lipinski definition) is 1. The molecule has 0 saturated carbocycles. The first-order valence-corrected chi connectivity index (χ1v) is 6.66. The van der Waals surface area contributed by atoms with Crippen molar-refractivity contribution in [2.75, 3.05) is 18.5 Å². The van der Waals surface area contributed by atoms with Crippen LogP contribution in [0, 0.1) is 0 Å². The number of rotatable bonds is 6. The van der Waals surface area contributed by atoms with Gasteiger partial charge in [-0.05, 0) is 44.5 Å². The second kappa shape index (κ2) is 6.65. The zero-order chi connectivity index (χ0) is 12.8. The van der Waals surface area contributed by atoms with Crippen LogP contribution in [-0.4, -0.2) is 19.6 Å². The Morgan fingerprint density at radius 1 is 1.12 bits per heavy atom. The van der Waals surface area contributed by atoms with Crippen LogP contribution in [-0.2, 0) is 0 Å². The molecule has 1 aromatic carbocycles. The summed E-state index contributed by atoms with van der Waals surface area (Å²) in [5, 5.41) is 3.51. The van der Waals surface area contributed by atoms with Crippen LogP contribution >= 0.6 is 0 Å². The molecule has 1 atom stereocenters. The Kier molecular flexibility index (Phi) is 5.49. The van der Waals surface area contributed by atoms with Crippen LogP contribution < -0.4 is 10.2 Å². The van der Waals surface area contributed by atoms with Crippen LogP contribution in [0.25, 0.3) is 0 Å². The lowest BCUT2D eigenvalue weighted by atomic mass is 10.0. The summed E-state index contributed by atoms with van der Waals surface area (Å²) < 4.78 is 0. The second-order valence-electron chi connectivity index (χ2n) is 4.81. The molecule has 0 aromatic heterocycles. The van der Waals surface area contributed by atoms with Gasteiger partial charge in [0.1, 0.15) is 0 Å². The molecule has 2 nitrogen and oxygen atoms in total. The van der Waals surface area contributed by atoms with Gasteiger partial charge in [0.2, 0.25) is 0 Å². The number of benzene rings is 1. The van der Waals surface area contributed by atoms with Crippen LogP contribution in [0.15, 0.2) is 24.3 Å². The number of nitrogens with one attached hydrogen (secondary N) is 1. The maximum absolute atomic E-state index is 3.51. The fourth-order valence-electron chi connectivity index (χ4n) is 1.98. The molecule has 0 radical (unpaired) electrons. The molecule has 0 heterocycles. The lowest BCUT2D eigenvalue weighted by Crippen LogP contribution is -2.25. The van der Waals surface area contributed by atoms with Gasteiger partial charge in [-0.2, -0.15) is 0 Å². The molecule has 1 aromatic rings. The number of nitrogens with zero attached hydrogens (tertiary/aromatic N) is 1. The minimum atomic E-state index is 0.485. The topological polar surface area (TPSA) is 15.3 Å². The zero-order valence-electron chi connectivity index (χ0n) is 11.8. The van der Waals surface area contributed by atoms with E-state index in [-0.39, 0.29) is 0 Å². The Morgan fingerprint density at radius 3 is 2.12 bits per heavy atom. The molecule has 17 heavy (non-hydrogen) atoms. The van der Waals surface area contributed by atoms with E-state index >= 15 is 0 Å². The van der Waals surface area contributed by atoms with Crippen LogP contribution in [0.4, 0.5) is 5.69 Å². The van der Waals surface area contributed by atoms with Crippen molar-refractivity contribution in [2.24, 2.45) is 0 Å². The van der Waals surface area contributed by atoms with Gasteiger partial charge in [-0.1, -0.05) is 26.0 Å². The first kappa shape index (κ1) is 14.0. The van der Waals surface area contributed by atoms with Crippen LogP contribution in [0.1, 0.15) is 45.7 Å². The summed E-state index contributed by atoms with van der Waals surface area (Å²) in [4.78, 5) is 2.29. The molecule has 0 spiro atoms. The predicted octanol–water partition coefficient (Wildman–Crippen LogP) is 3.59. The van der Waals surface area contributed by atoms with Gasteiger partial charge >= 0.3 is 0 Å². The molecular formula is C15H26N2. The van der Waals surface area contributed by atoms with E-state index in [9.17, 15) is 0 Å². The van der Waals surface area contributed by atoms with E-state index in [1.807, 2.05) is 0 Å². The average Bonchev–Trinajstić information content (AvgIpc) is 2.35. The van der Waals surface area contributed by atoms with E-state index in [1.54, 1.807) is 0 Å². The third-order valence-corrected chi connectivity index (χ3v) is 3.34. The summed E-state index contributed by atoms with van der Waals surface area (Å²) in [6.07, 6.45) is 1.13. The number of anilines is 1. The molecule has 0 saturated heterocycles. The summed E-state index contributed by atoms with van der Waals surface area (Å²) in [6, 6.07) is 9.94. The Morgan fingerprint density at radius 2 is 1.71 bits per heavy atom. The van der Waals surface area contributed by atoms with E-state index in [2.05, 4.69) is 69.2 Å². The van der Waals surface area contributed by atoms with E-state index in [0.29, 0.717) is 12.1 Å². The van der Waals surface area contributed by atoms with Crippen molar-refractivity contribution in [3.8, 4) is 0 Å². The third-order valence-electron chi connectivity index (χ3n) is 3.34. The smallest absolute Gasteiger partial charge is 0.0366 e. The molecule has 1 N–H and O–H groups in total. The summed E-state index contributed by atoms with van der Waals surface area (Å²) in [5.74, 6) is 0. The molecule has 1 rings (SSSR count). The maximum atomic E-state index is 3.51. The molecule has 0 aliphatic heterocycles. The standard InChI is InChI=1S/C15H26N2/c1-6-15(16-7-2)13-8-10-14(11-9-13)17(5)12(3)4/h8-12,15-16H,6-7H2,1-5H3. The summed E-state index contributed by atoms with van der Waals surface area (Å²) in [5.41, 5.74) is 2.67. The van der Waals surface area contributed by atoms with Gasteiger partial charge in [-0.3, -0.25) is 0 Å². The fraction of sp³-hybridized carbons (Fsp3) is 0.600. The molecule has 1 unspecified atom stereocenters. The van der Waals surface area contributed by atoms with Crippen molar-refractivity contribution < 1.29 is 0 Å². The van der Waals surface area contributed by atoms with Gasteiger partial charge in [0.15, 0.2) is 0 Å². The highest BCUT2D eigenvalue weighted by Gasteiger charge is 2.09. The van der Waals surface area contributed by atoms with Crippen molar-refractivity contribution in [1.29, 1.82) is 0 Å². The molecule has 0 fully saturated rings. The fourth-order valence-corrected chi connectivity index (χ4v) is 1.98. The number of hydrogen-bond acceptors (Lipinski definition) is 2. The molecule has 0 aliphatic rings.